The Morgan fingerprint density at radius 3 is 2.50 bits per heavy atom. The number of hydrogen-bond donors (Lipinski definition) is 0. The van der Waals surface area contributed by atoms with Crippen molar-refractivity contribution < 1.29 is 17.6 Å². The van der Waals surface area contributed by atoms with Gasteiger partial charge in [-0.05, 0) is 31.4 Å². The molecule has 0 radical (unpaired) electrons. The molecule has 4 nitrogen and oxygen atoms in total. The van der Waals surface area contributed by atoms with Crippen LogP contribution in [0.1, 0.15) is 29.6 Å². The Morgan fingerprint density at radius 1 is 1.45 bits per heavy atom. The maximum Gasteiger partial charge on any atom is 0.264 e. The lowest BCUT2D eigenvalue weighted by molar-refractivity contribution is 0.0646. The highest BCUT2D eigenvalue weighted by Gasteiger charge is 2.30. The Balaban J connectivity index is 2.46. The average molecular weight is 385 g/mol. The van der Waals surface area contributed by atoms with Crippen molar-refractivity contribution in [3.8, 4) is 0 Å². The predicted octanol–water partition coefficient (Wildman–Crippen LogP) is 3.14. The number of rotatable bonds is 3. The fraction of sp³-hybridized carbons (Fsp3) is 0.417. The van der Waals surface area contributed by atoms with Crippen molar-refractivity contribution in [2.75, 3.05) is 7.05 Å². The second-order valence-corrected chi connectivity index (χ2v) is 8.15. The SMILES string of the molecule is CN(C(=O)c1cc(Br)cc(S(=O)(=O)Cl)c1F)C1CCC1. The average Bonchev–Trinajstić information content (AvgIpc) is 2.27. The van der Waals surface area contributed by atoms with Crippen LogP contribution in [0.2, 0.25) is 0 Å². The van der Waals surface area contributed by atoms with Gasteiger partial charge < -0.3 is 4.90 Å². The first-order chi connectivity index (χ1) is 9.21. The monoisotopic (exact) mass is 383 g/mol. The van der Waals surface area contributed by atoms with E-state index in [1.54, 1.807) is 7.05 Å². The van der Waals surface area contributed by atoms with Crippen LogP contribution in [-0.2, 0) is 9.05 Å². The molecule has 110 valence electrons. The van der Waals surface area contributed by atoms with Crippen LogP contribution in [0.15, 0.2) is 21.5 Å². The highest BCUT2D eigenvalue weighted by molar-refractivity contribution is 9.10. The van der Waals surface area contributed by atoms with Crippen LogP contribution in [0.5, 0.6) is 0 Å². The molecule has 1 saturated carbocycles. The molecule has 0 heterocycles. The number of carbonyl (C=O) groups is 1. The fourth-order valence-electron chi connectivity index (χ4n) is 2.03. The Kier molecular flexibility index (Phi) is 4.41. The summed E-state index contributed by atoms with van der Waals surface area (Å²) in [4.78, 5) is 13.0. The first-order valence-corrected chi connectivity index (χ1v) is 9.03. The molecule has 0 atom stereocenters. The zero-order valence-electron chi connectivity index (χ0n) is 10.6. The van der Waals surface area contributed by atoms with Gasteiger partial charge in [0.05, 0.1) is 5.56 Å². The van der Waals surface area contributed by atoms with Crippen LogP contribution in [0.25, 0.3) is 0 Å². The number of benzene rings is 1. The zero-order chi connectivity index (χ0) is 15.1. The van der Waals surface area contributed by atoms with Gasteiger partial charge in [0.2, 0.25) is 0 Å². The van der Waals surface area contributed by atoms with Gasteiger partial charge >= 0.3 is 0 Å². The first kappa shape index (κ1) is 15.7. The molecule has 2 rings (SSSR count). The van der Waals surface area contributed by atoms with Gasteiger partial charge in [0.15, 0.2) is 5.82 Å². The lowest BCUT2D eigenvalue weighted by Crippen LogP contribution is -2.41. The van der Waals surface area contributed by atoms with E-state index in [1.807, 2.05) is 0 Å². The van der Waals surface area contributed by atoms with Gasteiger partial charge in [0, 0.05) is 28.2 Å². The minimum absolute atomic E-state index is 0.0805. The standard InChI is InChI=1S/C12H12BrClFNO3S/c1-16(8-3-2-4-8)12(17)9-5-7(13)6-10(11(9)15)20(14,18)19/h5-6,8H,2-4H2,1H3. The van der Waals surface area contributed by atoms with Crippen molar-refractivity contribution in [1.29, 1.82) is 0 Å². The summed E-state index contributed by atoms with van der Waals surface area (Å²) < 4.78 is 37.2. The molecule has 1 amide bonds. The highest BCUT2D eigenvalue weighted by Crippen LogP contribution is 2.29. The van der Waals surface area contributed by atoms with Gasteiger partial charge in [-0.2, -0.15) is 0 Å². The molecule has 0 aliphatic heterocycles. The molecule has 0 bridgehead atoms. The smallest absolute Gasteiger partial charge is 0.264 e. The third-order valence-corrected chi connectivity index (χ3v) is 5.22. The topological polar surface area (TPSA) is 54.5 Å². The molecular weight excluding hydrogens is 373 g/mol. The molecule has 1 aromatic rings. The van der Waals surface area contributed by atoms with E-state index >= 15 is 0 Å². The molecule has 0 N–H and O–H groups in total. The normalized spacial score (nSPS) is 15.8. The fourth-order valence-corrected chi connectivity index (χ4v) is 3.57. The summed E-state index contributed by atoms with van der Waals surface area (Å²) in [6.45, 7) is 0. The maximum atomic E-state index is 14.2. The van der Waals surface area contributed by atoms with Gasteiger partial charge in [0.25, 0.3) is 15.0 Å². The Hall–Kier alpha value is -0.660. The van der Waals surface area contributed by atoms with Gasteiger partial charge in [-0.3, -0.25) is 4.79 Å². The molecule has 0 spiro atoms. The number of halogens is 3. The van der Waals surface area contributed by atoms with Crippen molar-refractivity contribution in [3.63, 3.8) is 0 Å². The van der Waals surface area contributed by atoms with E-state index < -0.39 is 25.7 Å². The summed E-state index contributed by atoms with van der Waals surface area (Å²) in [7, 11) is 2.51. The third-order valence-electron chi connectivity index (χ3n) is 3.44. The summed E-state index contributed by atoms with van der Waals surface area (Å²) >= 11 is 3.06. The van der Waals surface area contributed by atoms with Gasteiger partial charge in [-0.25, -0.2) is 12.8 Å². The quantitative estimate of drug-likeness (QED) is 0.752. The van der Waals surface area contributed by atoms with E-state index in [0.717, 1.165) is 25.3 Å². The number of hydrogen-bond acceptors (Lipinski definition) is 3. The summed E-state index contributed by atoms with van der Waals surface area (Å²) in [6, 6.07) is 2.38. The van der Waals surface area contributed by atoms with Crippen LogP contribution in [0.4, 0.5) is 4.39 Å². The van der Waals surface area contributed by atoms with Crippen molar-refractivity contribution >= 4 is 41.6 Å². The van der Waals surface area contributed by atoms with Crippen LogP contribution >= 0.6 is 26.6 Å². The minimum atomic E-state index is -4.25. The molecule has 8 heteroatoms. The van der Waals surface area contributed by atoms with Crippen LogP contribution in [0.3, 0.4) is 0 Å². The van der Waals surface area contributed by atoms with E-state index in [1.165, 1.54) is 11.0 Å². The second-order valence-electron chi connectivity index (χ2n) is 4.70. The minimum Gasteiger partial charge on any atom is -0.339 e. The van der Waals surface area contributed by atoms with E-state index in [0.29, 0.717) is 0 Å². The Bertz CT molecular complexity index is 661. The Morgan fingerprint density at radius 2 is 2.05 bits per heavy atom. The van der Waals surface area contributed by atoms with E-state index in [9.17, 15) is 17.6 Å². The number of carbonyl (C=O) groups excluding carboxylic acids is 1. The summed E-state index contributed by atoms with van der Waals surface area (Å²) in [6.07, 6.45) is 2.78. The number of amides is 1. The van der Waals surface area contributed by atoms with E-state index in [2.05, 4.69) is 15.9 Å². The zero-order valence-corrected chi connectivity index (χ0v) is 13.7. The van der Waals surface area contributed by atoms with E-state index in [4.69, 9.17) is 10.7 Å². The molecule has 0 saturated heterocycles. The molecular formula is C12H12BrClFNO3S. The molecule has 1 aliphatic rings. The molecule has 1 aromatic carbocycles. The largest absolute Gasteiger partial charge is 0.339 e. The summed E-state index contributed by atoms with van der Waals surface area (Å²) in [5.74, 6) is -1.66. The molecule has 0 unspecified atom stereocenters. The highest BCUT2D eigenvalue weighted by atomic mass is 79.9. The lowest BCUT2D eigenvalue weighted by atomic mass is 9.91. The lowest BCUT2D eigenvalue weighted by Gasteiger charge is -2.34. The van der Waals surface area contributed by atoms with Crippen molar-refractivity contribution in [1.82, 2.24) is 4.90 Å². The Labute approximate surface area is 129 Å². The van der Waals surface area contributed by atoms with Gasteiger partial charge in [-0.1, -0.05) is 15.9 Å². The van der Waals surface area contributed by atoms with Gasteiger partial charge in [0.1, 0.15) is 4.90 Å². The number of nitrogens with zero attached hydrogens (tertiary/aromatic N) is 1. The van der Waals surface area contributed by atoms with Crippen molar-refractivity contribution in [2.24, 2.45) is 0 Å². The molecule has 20 heavy (non-hydrogen) atoms. The van der Waals surface area contributed by atoms with Crippen LogP contribution in [-0.4, -0.2) is 32.3 Å². The molecule has 1 aliphatic carbocycles. The van der Waals surface area contributed by atoms with Crippen LogP contribution in [0, 0.1) is 5.82 Å². The second kappa shape index (κ2) is 5.61. The predicted molar refractivity (Wildman–Crippen MR) is 76.9 cm³/mol. The molecule has 1 fully saturated rings. The summed E-state index contributed by atoms with van der Waals surface area (Å²) in [5, 5.41) is 0. The summed E-state index contributed by atoms with van der Waals surface area (Å²) in [5.41, 5.74) is -0.298. The van der Waals surface area contributed by atoms with Gasteiger partial charge in [-0.15, -0.1) is 0 Å². The molecule has 0 aromatic heterocycles. The third kappa shape index (κ3) is 2.99. The van der Waals surface area contributed by atoms with Crippen LogP contribution < -0.4 is 0 Å². The van der Waals surface area contributed by atoms with Crippen molar-refractivity contribution in [3.05, 3.63) is 28.0 Å². The van der Waals surface area contributed by atoms with Crippen molar-refractivity contribution in [2.45, 2.75) is 30.2 Å². The first-order valence-electron chi connectivity index (χ1n) is 5.92. The maximum absolute atomic E-state index is 14.2. The van der Waals surface area contributed by atoms with E-state index in [-0.39, 0.29) is 16.1 Å².